The number of ether oxygens (including phenoxy) is 2. The first-order valence-corrected chi connectivity index (χ1v) is 12.7. The minimum absolute atomic E-state index is 0.0110. The number of unbranched alkanes of at least 4 members (excludes halogenated alkanes) is 1. The molecule has 180 valence electrons. The Morgan fingerprint density at radius 3 is 2.52 bits per heavy atom. The molecule has 33 heavy (non-hydrogen) atoms. The molecule has 0 aromatic heterocycles. The Labute approximate surface area is 198 Å². The van der Waals surface area contributed by atoms with Gasteiger partial charge in [0.2, 0.25) is 0 Å². The van der Waals surface area contributed by atoms with Gasteiger partial charge in [-0.2, -0.15) is 0 Å². The Morgan fingerprint density at radius 1 is 1.09 bits per heavy atom. The molecule has 0 saturated carbocycles. The zero-order chi connectivity index (χ0) is 23.7. The van der Waals surface area contributed by atoms with Crippen molar-refractivity contribution >= 4 is 5.78 Å². The molecule has 0 N–H and O–H groups in total. The van der Waals surface area contributed by atoms with Gasteiger partial charge < -0.3 is 9.47 Å². The first-order chi connectivity index (χ1) is 16.0. The molecule has 0 amide bonds. The largest absolute Gasteiger partial charge is 0.378 e. The van der Waals surface area contributed by atoms with Crippen LogP contribution in [0.25, 0.3) is 0 Å². The molecular weight excluding hydrogens is 415 g/mol. The van der Waals surface area contributed by atoms with Gasteiger partial charge in [0, 0.05) is 25.9 Å². The van der Waals surface area contributed by atoms with Gasteiger partial charge in [-0.05, 0) is 55.9 Å². The second-order valence-corrected chi connectivity index (χ2v) is 9.27. The second kappa shape index (κ2) is 12.4. The Hall–Kier alpha value is -2.04. The van der Waals surface area contributed by atoms with Crippen molar-refractivity contribution in [1.82, 2.24) is 0 Å². The normalized spacial score (nSPS) is 22.9. The Bertz CT molecular complexity index is 882. The number of Topliss-reactive ketones (excluding diaryl/α,β-unsaturated/α-hetero) is 1. The van der Waals surface area contributed by atoms with E-state index in [0.29, 0.717) is 19.4 Å². The topological polar surface area (TPSA) is 35.5 Å². The van der Waals surface area contributed by atoms with E-state index in [0.717, 1.165) is 50.5 Å². The molecule has 0 aliphatic carbocycles. The lowest BCUT2D eigenvalue weighted by Crippen LogP contribution is -2.44. The quantitative estimate of drug-likeness (QED) is 0.309. The fourth-order valence-corrected chi connectivity index (χ4v) is 5.03. The van der Waals surface area contributed by atoms with Gasteiger partial charge in [0.15, 0.2) is 5.78 Å². The molecule has 1 fully saturated rings. The molecule has 4 heteroatoms. The first kappa shape index (κ1) is 25.6. The van der Waals surface area contributed by atoms with Crippen LogP contribution in [-0.4, -0.2) is 24.1 Å². The lowest BCUT2D eigenvalue weighted by atomic mass is 9.80. The van der Waals surface area contributed by atoms with E-state index in [1.807, 2.05) is 38.1 Å². The number of ketones is 1. The van der Waals surface area contributed by atoms with Crippen molar-refractivity contribution in [2.24, 2.45) is 0 Å². The highest BCUT2D eigenvalue weighted by atomic mass is 19.1. The smallest absolute Gasteiger partial charge is 0.165 e. The zero-order valence-corrected chi connectivity index (χ0v) is 20.4. The number of rotatable bonds is 12. The van der Waals surface area contributed by atoms with E-state index in [-0.39, 0.29) is 29.2 Å². The van der Waals surface area contributed by atoms with Gasteiger partial charge in [-0.3, -0.25) is 4.79 Å². The molecule has 3 unspecified atom stereocenters. The monoisotopic (exact) mass is 454 g/mol. The van der Waals surface area contributed by atoms with Crippen LogP contribution in [0, 0.1) is 5.82 Å². The SMILES string of the molecule is CCCCC1(CCCC(=O)c2ccc(CC)cc2F)CC(OCC)CC(c2ccccc2)O1. The van der Waals surface area contributed by atoms with Crippen LogP contribution < -0.4 is 0 Å². The molecule has 2 aromatic carbocycles. The number of hydrogen-bond acceptors (Lipinski definition) is 3. The average molecular weight is 455 g/mol. The molecule has 0 bridgehead atoms. The Morgan fingerprint density at radius 2 is 1.85 bits per heavy atom. The summed E-state index contributed by atoms with van der Waals surface area (Å²) in [7, 11) is 0. The van der Waals surface area contributed by atoms with Crippen molar-refractivity contribution in [3.63, 3.8) is 0 Å². The van der Waals surface area contributed by atoms with Crippen LogP contribution in [-0.2, 0) is 15.9 Å². The number of carbonyl (C=O) groups is 1. The van der Waals surface area contributed by atoms with Crippen LogP contribution in [0.3, 0.4) is 0 Å². The number of aryl methyl sites for hydroxylation is 1. The van der Waals surface area contributed by atoms with Gasteiger partial charge in [-0.1, -0.05) is 63.1 Å². The summed E-state index contributed by atoms with van der Waals surface area (Å²) in [6, 6.07) is 15.3. The second-order valence-electron chi connectivity index (χ2n) is 9.27. The number of hydrogen-bond donors (Lipinski definition) is 0. The first-order valence-electron chi connectivity index (χ1n) is 12.7. The van der Waals surface area contributed by atoms with Gasteiger partial charge in [-0.25, -0.2) is 4.39 Å². The van der Waals surface area contributed by atoms with E-state index >= 15 is 0 Å². The van der Waals surface area contributed by atoms with Gasteiger partial charge >= 0.3 is 0 Å². The average Bonchev–Trinajstić information content (AvgIpc) is 2.83. The highest BCUT2D eigenvalue weighted by molar-refractivity contribution is 5.96. The predicted molar refractivity (Wildman–Crippen MR) is 131 cm³/mol. The van der Waals surface area contributed by atoms with Crippen LogP contribution in [0.1, 0.15) is 99.7 Å². The minimum Gasteiger partial charge on any atom is -0.378 e. The van der Waals surface area contributed by atoms with Crippen molar-refractivity contribution in [3.8, 4) is 0 Å². The molecule has 3 nitrogen and oxygen atoms in total. The summed E-state index contributed by atoms with van der Waals surface area (Å²) in [6.07, 6.45) is 7.47. The number of benzene rings is 2. The highest BCUT2D eigenvalue weighted by Gasteiger charge is 2.41. The maximum Gasteiger partial charge on any atom is 0.165 e. The van der Waals surface area contributed by atoms with E-state index in [2.05, 4.69) is 19.1 Å². The molecule has 0 radical (unpaired) electrons. The summed E-state index contributed by atoms with van der Waals surface area (Å²) in [6.45, 7) is 6.89. The summed E-state index contributed by atoms with van der Waals surface area (Å²) >= 11 is 0. The summed E-state index contributed by atoms with van der Waals surface area (Å²) in [5.41, 5.74) is 1.97. The molecule has 1 heterocycles. The van der Waals surface area contributed by atoms with Crippen LogP contribution >= 0.6 is 0 Å². The van der Waals surface area contributed by atoms with E-state index in [1.165, 1.54) is 11.6 Å². The molecule has 0 spiro atoms. The fourth-order valence-electron chi connectivity index (χ4n) is 5.03. The number of carbonyl (C=O) groups excluding carboxylic acids is 1. The van der Waals surface area contributed by atoms with E-state index in [9.17, 15) is 9.18 Å². The fraction of sp³-hybridized carbons (Fsp3) is 0.552. The number of halogens is 1. The maximum atomic E-state index is 14.4. The third kappa shape index (κ3) is 6.97. The van der Waals surface area contributed by atoms with Crippen molar-refractivity contribution in [3.05, 3.63) is 71.0 Å². The molecule has 3 atom stereocenters. The third-order valence-electron chi connectivity index (χ3n) is 6.81. The van der Waals surface area contributed by atoms with Gasteiger partial charge in [0.25, 0.3) is 0 Å². The summed E-state index contributed by atoms with van der Waals surface area (Å²) in [5, 5.41) is 0. The third-order valence-corrected chi connectivity index (χ3v) is 6.81. The van der Waals surface area contributed by atoms with Gasteiger partial charge in [-0.15, -0.1) is 0 Å². The minimum atomic E-state index is -0.408. The van der Waals surface area contributed by atoms with E-state index in [4.69, 9.17) is 9.47 Å². The highest BCUT2D eigenvalue weighted by Crippen LogP contribution is 2.44. The van der Waals surface area contributed by atoms with Crippen molar-refractivity contribution < 1.29 is 18.7 Å². The van der Waals surface area contributed by atoms with Crippen LogP contribution in [0.2, 0.25) is 0 Å². The molecule has 1 aliphatic rings. The van der Waals surface area contributed by atoms with Gasteiger partial charge in [0.1, 0.15) is 5.82 Å². The Balaban J connectivity index is 1.72. The zero-order valence-electron chi connectivity index (χ0n) is 20.4. The molecule has 3 rings (SSSR count). The van der Waals surface area contributed by atoms with Crippen LogP contribution in [0.5, 0.6) is 0 Å². The summed E-state index contributed by atoms with van der Waals surface area (Å²) in [4.78, 5) is 12.8. The molecule has 1 aliphatic heterocycles. The van der Waals surface area contributed by atoms with E-state index < -0.39 is 5.82 Å². The molecule has 2 aromatic rings. The predicted octanol–water partition coefficient (Wildman–Crippen LogP) is 7.63. The lowest BCUT2D eigenvalue weighted by molar-refractivity contribution is -0.182. The van der Waals surface area contributed by atoms with Crippen molar-refractivity contribution in [1.29, 1.82) is 0 Å². The van der Waals surface area contributed by atoms with E-state index in [1.54, 1.807) is 6.07 Å². The van der Waals surface area contributed by atoms with Crippen LogP contribution in [0.15, 0.2) is 48.5 Å². The van der Waals surface area contributed by atoms with Crippen molar-refractivity contribution in [2.45, 2.75) is 96.4 Å². The van der Waals surface area contributed by atoms with Gasteiger partial charge in [0.05, 0.1) is 23.4 Å². The summed E-state index contributed by atoms with van der Waals surface area (Å²) < 4.78 is 27.3. The molecule has 1 saturated heterocycles. The standard InChI is InChI=1S/C29H39FO3/c1-4-7-17-29(18-11-14-27(31)25-16-15-22(5-2)19-26(25)30)21-24(32-6-3)20-28(33-29)23-12-9-8-10-13-23/h8-10,12-13,15-16,19,24,28H,4-7,11,14,17-18,20-21H2,1-3H3. The van der Waals surface area contributed by atoms with Crippen molar-refractivity contribution in [2.75, 3.05) is 6.61 Å². The van der Waals surface area contributed by atoms with Crippen LogP contribution in [0.4, 0.5) is 4.39 Å². The summed E-state index contributed by atoms with van der Waals surface area (Å²) in [5.74, 6) is -0.535. The lowest BCUT2D eigenvalue weighted by Gasteiger charge is -2.45. The molecular formula is C29H39FO3. The Kier molecular flexibility index (Phi) is 9.64. The maximum absolute atomic E-state index is 14.4.